The molecule has 2 aromatic carbocycles. The van der Waals surface area contributed by atoms with Gasteiger partial charge in [-0.2, -0.15) is 0 Å². The molecule has 148 valence electrons. The first-order chi connectivity index (χ1) is 13.4. The Morgan fingerprint density at radius 3 is 2.71 bits per heavy atom. The molecule has 0 saturated carbocycles. The molecule has 0 aromatic heterocycles. The van der Waals surface area contributed by atoms with E-state index in [1.165, 1.54) is 5.56 Å². The van der Waals surface area contributed by atoms with E-state index in [2.05, 4.69) is 66.2 Å². The van der Waals surface area contributed by atoms with E-state index in [4.69, 9.17) is 5.73 Å². The van der Waals surface area contributed by atoms with E-state index in [0.717, 1.165) is 34.1 Å². The minimum atomic E-state index is -0.338. The summed E-state index contributed by atoms with van der Waals surface area (Å²) in [5, 5.41) is 5.65. The Hall–Kier alpha value is -1.65. The molecule has 0 radical (unpaired) electrons. The van der Waals surface area contributed by atoms with Gasteiger partial charge in [0.2, 0.25) is 5.91 Å². The third-order valence-electron chi connectivity index (χ3n) is 4.63. The Morgan fingerprint density at radius 1 is 1.21 bits per heavy atom. The summed E-state index contributed by atoms with van der Waals surface area (Å²) >= 11 is 5.56. The zero-order valence-electron chi connectivity index (χ0n) is 15.3. The standard InChI is InChI=1S/C20H22BrIN4O2/c21-14-3-1-13(2-4-14)11-26-8-7-16(12-26)25-19(27)10-24-20(28)17-9-15(22)5-6-18(17)23/h1-6,9,16H,7-8,10-12,23H2,(H,24,28)(H,25,27)/t16-/m1/s1. The quantitative estimate of drug-likeness (QED) is 0.377. The lowest BCUT2D eigenvalue weighted by Gasteiger charge is -2.17. The summed E-state index contributed by atoms with van der Waals surface area (Å²) in [6, 6.07) is 13.6. The van der Waals surface area contributed by atoms with E-state index in [0.29, 0.717) is 11.3 Å². The summed E-state index contributed by atoms with van der Waals surface area (Å²) in [5.74, 6) is -0.525. The van der Waals surface area contributed by atoms with Gasteiger partial charge in [0.25, 0.3) is 5.91 Å². The number of amides is 2. The fourth-order valence-electron chi connectivity index (χ4n) is 3.20. The number of halogens is 2. The molecule has 28 heavy (non-hydrogen) atoms. The maximum Gasteiger partial charge on any atom is 0.253 e. The van der Waals surface area contributed by atoms with Crippen LogP contribution < -0.4 is 16.4 Å². The molecule has 1 saturated heterocycles. The number of benzene rings is 2. The third kappa shape index (κ3) is 5.92. The topological polar surface area (TPSA) is 87.5 Å². The van der Waals surface area contributed by atoms with E-state index >= 15 is 0 Å². The zero-order valence-corrected chi connectivity index (χ0v) is 19.0. The number of hydrogen-bond acceptors (Lipinski definition) is 4. The summed E-state index contributed by atoms with van der Waals surface area (Å²) < 4.78 is 1.98. The van der Waals surface area contributed by atoms with Crippen molar-refractivity contribution in [3.8, 4) is 0 Å². The molecule has 0 aliphatic carbocycles. The van der Waals surface area contributed by atoms with Gasteiger partial charge in [-0.05, 0) is 64.9 Å². The van der Waals surface area contributed by atoms with Crippen molar-refractivity contribution in [1.82, 2.24) is 15.5 Å². The largest absolute Gasteiger partial charge is 0.398 e. The van der Waals surface area contributed by atoms with Crippen LogP contribution in [0.3, 0.4) is 0 Å². The molecule has 4 N–H and O–H groups in total. The average Bonchev–Trinajstić information content (AvgIpc) is 3.10. The van der Waals surface area contributed by atoms with Gasteiger partial charge in [-0.1, -0.05) is 28.1 Å². The third-order valence-corrected chi connectivity index (χ3v) is 5.83. The molecule has 0 unspecified atom stereocenters. The maximum atomic E-state index is 12.3. The molecule has 8 heteroatoms. The van der Waals surface area contributed by atoms with Gasteiger partial charge in [0, 0.05) is 39.4 Å². The van der Waals surface area contributed by atoms with Crippen molar-refractivity contribution in [3.63, 3.8) is 0 Å². The zero-order chi connectivity index (χ0) is 20.1. The van der Waals surface area contributed by atoms with Crippen molar-refractivity contribution in [3.05, 3.63) is 61.6 Å². The highest BCUT2D eigenvalue weighted by Gasteiger charge is 2.24. The Bertz CT molecular complexity index is 860. The van der Waals surface area contributed by atoms with Crippen LogP contribution in [0.5, 0.6) is 0 Å². The first-order valence-corrected chi connectivity index (χ1v) is 10.9. The van der Waals surface area contributed by atoms with Gasteiger partial charge in [-0.25, -0.2) is 0 Å². The first kappa shape index (κ1) is 21.1. The number of nitrogen functional groups attached to an aromatic ring is 1. The second-order valence-corrected chi connectivity index (χ2v) is 8.99. The number of hydrogen-bond donors (Lipinski definition) is 3. The lowest BCUT2D eigenvalue weighted by atomic mass is 10.1. The van der Waals surface area contributed by atoms with E-state index in [9.17, 15) is 9.59 Å². The maximum absolute atomic E-state index is 12.3. The van der Waals surface area contributed by atoms with Crippen LogP contribution in [0, 0.1) is 3.57 Å². The number of anilines is 1. The average molecular weight is 557 g/mol. The van der Waals surface area contributed by atoms with Gasteiger partial charge in [-0.15, -0.1) is 0 Å². The van der Waals surface area contributed by atoms with E-state index in [1.807, 2.05) is 18.2 Å². The summed E-state index contributed by atoms with van der Waals surface area (Å²) in [6.45, 7) is 2.54. The second kappa shape index (κ2) is 9.71. The summed E-state index contributed by atoms with van der Waals surface area (Å²) in [7, 11) is 0. The number of likely N-dealkylation sites (tertiary alicyclic amines) is 1. The molecular formula is C20H22BrIN4O2. The molecule has 1 aliphatic rings. The monoisotopic (exact) mass is 556 g/mol. The number of carbonyl (C=O) groups excluding carboxylic acids is 2. The minimum absolute atomic E-state index is 0.0625. The highest BCUT2D eigenvalue weighted by atomic mass is 127. The van der Waals surface area contributed by atoms with Crippen LogP contribution in [0.1, 0.15) is 22.3 Å². The van der Waals surface area contributed by atoms with Crippen molar-refractivity contribution < 1.29 is 9.59 Å². The van der Waals surface area contributed by atoms with Crippen LogP contribution in [0.2, 0.25) is 0 Å². The highest BCUT2D eigenvalue weighted by molar-refractivity contribution is 14.1. The van der Waals surface area contributed by atoms with Crippen LogP contribution in [-0.2, 0) is 11.3 Å². The molecule has 1 fully saturated rings. The fourth-order valence-corrected chi connectivity index (χ4v) is 3.96. The molecule has 2 aromatic rings. The summed E-state index contributed by atoms with van der Waals surface area (Å²) in [6.07, 6.45) is 0.903. The van der Waals surface area contributed by atoms with Crippen molar-refractivity contribution in [2.75, 3.05) is 25.4 Å². The van der Waals surface area contributed by atoms with Crippen molar-refractivity contribution >= 4 is 56.0 Å². The van der Waals surface area contributed by atoms with E-state index < -0.39 is 0 Å². The lowest BCUT2D eigenvalue weighted by Crippen LogP contribution is -2.43. The lowest BCUT2D eigenvalue weighted by molar-refractivity contribution is -0.120. The van der Waals surface area contributed by atoms with Crippen LogP contribution >= 0.6 is 38.5 Å². The number of nitrogens with two attached hydrogens (primary N) is 1. The van der Waals surface area contributed by atoms with Gasteiger partial charge >= 0.3 is 0 Å². The normalized spacial score (nSPS) is 16.7. The van der Waals surface area contributed by atoms with Crippen LogP contribution in [0.15, 0.2) is 46.9 Å². The molecule has 6 nitrogen and oxygen atoms in total. The Balaban J connectivity index is 1.43. The second-order valence-electron chi connectivity index (χ2n) is 6.83. The van der Waals surface area contributed by atoms with Gasteiger partial charge in [0.15, 0.2) is 0 Å². The number of rotatable bonds is 6. The van der Waals surface area contributed by atoms with Gasteiger partial charge in [0.1, 0.15) is 0 Å². The predicted octanol–water partition coefficient (Wildman–Crippen LogP) is 2.76. The smallest absolute Gasteiger partial charge is 0.253 e. The van der Waals surface area contributed by atoms with Gasteiger partial charge in [0.05, 0.1) is 12.1 Å². The van der Waals surface area contributed by atoms with Gasteiger partial charge in [-0.3, -0.25) is 14.5 Å². The molecule has 1 atom stereocenters. The molecular weight excluding hydrogens is 535 g/mol. The molecule has 1 heterocycles. The fraction of sp³-hybridized carbons (Fsp3) is 0.300. The first-order valence-electron chi connectivity index (χ1n) is 9.00. The van der Waals surface area contributed by atoms with Crippen LogP contribution in [-0.4, -0.2) is 42.4 Å². The molecule has 0 spiro atoms. The SMILES string of the molecule is Nc1ccc(I)cc1C(=O)NCC(=O)N[C@@H]1CCN(Cc2ccc(Br)cc2)C1. The summed E-state index contributed by atoms with van der Waals surface area (Å²) in [4.78, 5) is 26.8. The predicted molar refractivity (Wildman–Crippen MR) is 122 cm³/mol. The van der Waals surface area contributed by atoms with Gasteiger partial charge < -0.3 is 16.4 Å². The van der Waals surface area contributed by atoms with Crippen molar-refractivity contribution in [2.45, 2.75) is 19.0 Å². The van der Waals surface area contributed by atoms with E-state index in [-0.39, 0.29) is 24.4 Å². The molecule has 1 aliphatic heterocycles. The minimum Gasteiger partial charge on any atom is -0.398 e. The Morgan fingerprint density at radius 2 is 1.96 bits per heavy atom. The number of nitrogens with zero attached hydrogens (tertiary/aromatic N) is 1. The highest BCUT2D eigenvalue weighted by Crippen LogP contribution is 2.17. The van der Waals surface area contributed by atoms with Crippen molar-refractivity contribution in [2.24, 2.45) is 0 Å². The Kier molecular flexibility index (Phi) is 7.30. The van der Waals surface area contributed by atoms with E-state index in [1.54, 1.807) is 12.1 Å². The summed E-state index contributed by atoms with van der Waals surface area (Å²) in [5.41, 5.74) is 7.88. The van der Waals surface area contributed by atoms with Crippen LogP contribution in [0.4, 0.5) is 5.69 Å². The number of nitrogens with one attached hydrogen (secondary N) is 2. The molecule has 2 amide bonds. The molecule has 3 rings (SSSR count). The van der Waals surface area contributed by atoms with Crippen LogP contribution in [0.25, 0.3) is 0 Å². The number of carbonyl (C=O) groups is 2. The van der Waals surface area contributed by atoms with Crippen molar-refractivity contribution in [1.29, 1.82) is 0 Å². The Labute approximate surface area is 186 Å². The molecule has 0 bridgehead atoms.